The van der Waals surface area contributed by atoms with Gasteiger partial charge in [-0.1, -0.05) is 6.07 Å². The maximum atomic E-state index is 5.67. The Balaban J connectivity index is 1.63. The lowest BCUT2D eigenvalue weighted by molar-refractivity contribution is 0.239. The maximum Gasteiger partial charge on any atom is 0.119 e. The Morgan fingerprint density at radius 1 is 1.16 bits per heavy atom. The van der Waals surface area contributed by atoms with Gasteiger partial charge < -0.3 is 15.4 Å². The van der Waals surface area contributed by atoms with Crippen molar-refractivity contribution in [3.63, 3.8) is 0 Å². The predicted molar refractivity (Wildman–Crippen MR) is 81.9 cm³/mol. The third-order valence-electron chi connectivity index (χ3n) is 2.94. The van der Waals surface area contributed by atoms with E-state index < -0.39 is 0 Å². The van der Waals surface area contributed by atoms with Crippen LogP contribution >= 0.6 is 11.3 Å². The van der Waals surface area contributed by atoms with Gasteiger partial charge in [0.25, 0.3) is 0 Å². The van der Waals surface area contributed by atoms with E-state index in [9.17, 15) is 0 Å². The first-order valence-corrected chi connectivity index (χ1v) is 7.31. The number of anilines is 1. The number of hydrogen-bond acceptors (Lipinski definition) is 4. The molecule has 19 heavy (non-hydrogen) atoms. The van der Waals surface area contributed by atoms with Crippen LogP contribution in [0.5, 0.6) is 5.75 Å². The van der Waals surface area contributed by atoms with Crippen molar-refractivity contribution in [2.45, 2.75) is 6.42 Å². The fourth-order valence-electron chi connectivity index (χ4n) is 1.75. The first-order chi connectivity index (χ1) is 9.24. The average Bonchev–Trinajstić information content (AvgIpc) is 2.92. The van der Waals surface area contributed by atoms with Crippen LogP contribution in [0, 0.1) is 0 Å². The van der Waals surface area contributed by atoms with Crippen molar-refractivity contribution in [3.8, 4) is 5.75 Å². The van der Waals surface area contributed by atoms with Crippen LogP contribution in [-0.4, -0.2) is 31.6 Å². The summed E-state index contributed by atoms with van der Waals surface area (Å²) in [4.78, 5) is 3.73. The Labute approximate surface area is 118 Å². The van der Waals surface area contributed by atoms with E-state index in [0.717, 1.165) is 30.9 Å². The number of ether oxygens (including phenoxy) is 1. The van der Waals surface area contributed by atoms with Crippen molar-refractivity contribution in [3.05, 3.63) is 46.7 Å². The Hall–Kier alpha value is -1.52. The van der Waals surface area contributed by atoms with Gasteiger partial charge in [0.1, 0.15) is 12.4 Å². The van der Waals surface area contributed by atoms with E-state index in [4.69, 9.17) is 10.5 Å². The van der Waals surface area contributed by atoms with E-state index in [2.05, 4.69) is 29.5 Å². The van der Waals surface area contributed by atoms with Crippen molar-refractivity contribution in [2.75, 3.05) is 32.5 Å². The molecule has 2 N–H and O–H groups in total. The second kappa shape index (κ2) is 7.16. The minimum atomic E-state index is 0.699. The summed E-state index contributed by atoms with van der Waals surface area (Å²) in [6.07, 6.45) is 1.11. The molecule has 0 amide bonds. The molecular formula is C15H20N2OS. The van der Waals surface area contributed by atoms with Crippen molar-refractivity contribution in [1.29, 1.82) is 0 Å². The second-order valence-corrected chi connectivity index (χ2v) is 5.58. The topological polar surface area (TPSA) is 38.5 Å². The molecule has 0 aliphatic heterocycles. The summed E-state index contributed by atoms with van der Waals surface area (Å²) >= 11 is 1.82. The van der Waals surface area contributed by atoms with Gasteiger partial charge >= 0.3 is 0 Å². The highest BCUT2D eigenvalue weighted by atomic mass is 32.1. The molecule has 0 fully saturated rings. The van der Waals surface area contributed by atoms with Gasteiger partial charge in [-0.3, -0.25) is 0 Å². The second-order valence-electron chi connectivity index (χ2n) is 4.55. The minimum absolute atomic E-state index is 0.699. The molecule has 0 aliphatic rings. The van der Waals surface area contributed by atoms with Crippen LogP contribution in [0.2, 0.25) is 0 Å². The molecule has 4 heteroatoms. The van der Waals surface area contributed by atoms with Gasteiger partial charge in [0.05, 0.1) is 0 Å². The number of hydrogen-bond donors (Lipinski definition) is 1. The molecule has 0 bridgehead atoms. The number of nitrogens with two attached hydrogens (primary N) is 1. The molecule has 1 aromatic heterocycles. The first-order valence-electron chi connectivity index (χ1n) is 6.43. The van der Waals surface area contributed by atoms with Crippen LogP contribution < -0.4 is 10.5 Å². The Morgan fingerprint density at radius 2 is 1.95 bits per heavy atom. The van der Waals surface area contributed by atoms with Gasteiger partial charge in [0.2, 0.25) is 0 Å². The Kier molecular flexibility index (Phi) is 5.24. The highest BCUT2D eigenvalue weighted by Gasteiger charge is 2.01. The van der Waals surface area contributed by atoms with Crippen LogP contribution in [0.1, 0.15) is 4.88 Å². The zero-order valence-corrected chi connectivity index (χ0v) is 12.0. The highest BCUT2D eigenvalue weighted by Crippen LogP contribution is 2.13. The van der Waals surface area contributed by atoms with Crippen molar-refractivity contribution >= 4 is 17.0 Å². The average molecular weight is 276 g/mol. The fourth-order valence-corrected chi connectivity index (χ4v) is 2.45. The van der Waals surface area contributed by atoms with Crippen LogP contribution in [0.3, 0.4) is 0 Å². The van der Waals surface area contributed by atoms with Crippen molar-refractivity contribution in [2.24, 2.45) is 0 Å². The molecule has 0 spiro atoms. The number of rotatable bonds is 7. The first kappa shape index (κ1) is 13.9. The maximum absolute atomic E-state index is 5.67. The third kappa shape index (κ3) is 4.93. The van der Waals surface area contributed by atoms with Crippen LogP contribution in [0.25, 0.3) is 0 Å². The van der Waals surface area contributed by atoms with Crippen LogP contribution in [0.15, 0.2) is 41.8 Å². The molecule has 0 aliphatic carbocycles. The Morgan fingerprint density at radius 3 is 2.63 bits per heavy atom. The summed E-state index contributed by atoms with van der Waals surface area (Å²) in [6.45, 7) is 2.69. The monoisotopic (exact) mass is 276 g/mol. The summed E-state index contributed by atoms with van der Waals surface area (Å²) < 4.78 is 5.67. The van der Waals surface area contributed by atoms with Gasteiger partial charge in [-0.05, 0) is 49.2 Å². The molecule has 2 rings (SSSR count). The molecule has 0 saturated carbocycles. The zero-order valence-electron chi connectivity index (χ0n) is 11.2. The molecule has 0 radical (unpaired) electrons. The van der Waals surface area contributed by atoms with E-state index in [1.807, 2.05) is 35.6 Å². The molecule has 0 saturated heterocycles. The van der Waals surface area contributed by atoms with Gasteiger partial charge in [-0.15, -0.1) is 11.3 Å². The van der Waals surface area contributed by atoms with Gasteiger partial charge in [-0.25, -0.2) is 0 Å². The third-order valence-corrected chi connectivity index (χ3v) is 3.88. The smallest absolute Gasteiger partial charge is 0.119 e. The summed E-state index contributed by atoms with van der Waals surface area (Å²) in [5, 5.41) is 2.12. The molecule has 0 unspecified atom stereocenters. The normalized spacial score (nSPS) is 10.8. The van der Waals surface area contributed by atoms with E-state index >= 15 is 0 Å². The molecule has 1 heterocycles. The number of benzene rings is 1. The minimum Gasteiger partial charge on any atom is -0.492 e. The van der Waals surface area contributed by atoms with E-state index in [-0.39, 0.29) is 0 Å². The molecular weight excluding hydrogens is 256 g/mol. The van der Waals surface area contributed by atoms with E-state index in [1.165, 1.54) is 4.88 Å². The van der Waals surface area contributed by atoms with Crippen LogP contribution in [-0.2, 0) is 6.42 Å². The molecule has 1 aromatic carbocycles. The summed E-state index contributed by atoms with van der Waals surface area (Å²) in [7, 11) is 2.12. The van der Waals surface area contributed by atoms with Gasteiger partial charge in [-0.2, -0.15) is 0 Å². The predicted octanol–water partition coefficient (Wildman–Crippen LogP) is 2.88. The zero-order chi connectivity index (χ0) is 13.5. The van der Waals surface area contributed by atoms with E-state index in [1.54, 1.807) is 0 Å². The standard InChI is InChI=1S/C15H20N2OS/c1-17(9-8-15-3-2-12-19-15)10-11-18-14-6-4-13(16)5-7-14/h2-7,12H,8-11,16H2,1H3. The largest absolute Gasteiger partial charge is 0.492 e. The lowest BCUT2D eigenvalue weighted by Crippen LogP contribution is -2.26. The Bertz CT molecular complexity index is 467. The lowest BCUT2D eigenvalue weighted by atomic mass is 10.3. The quantitative estimate of drug-likeness (QED) is 0.790. The number of nitrogen functional groups attached to an aromatic ring is 1. The summed E-state index contributed by atoms with van der Waals surface area (Å²) in [5.74, 6) is 0.876. The fraction of sp³-hybridized carbons (Fsp3) is 0.333. The summed E-state index contributed by atoms with van der Waals surface area (Å²) in [5.41, 5.74) is 6.39. The van der Waals surface area contributed by atoms with Crippen LogP contribution in [0.4, 0.5) is 5.69 Å². The molecule has 3 nitrogen and oxygen atoms in total. The van der Waals surface area contributed by atoms with Crippen molar-refractivity contribution < 1.29 is 4.74 Å². The van der Waals surface area contributed by atoms with Gasteiger partial charge in [0.15, 0.2) is 0 Å². The molecule has 102 valence electrons. The summed E-state index contributed by atoms with van der Waals surface area (Å²) in [6, 6.07) is 11.8. The highest BCUT2D eigenvalue weighted by molar-refractivity contribution is 7.09. The number of likely N-dealkylation sites (N-methyl/N-ethyl adjacent to an activating group) is 1. The van der Waals surface area contributed by atoms with Gasteiger partial charge in [0, 0.05) is 23.7 Å². The molecule has 0 atom stereocenters. The van der Waals surface area contributed by atoms with Crippen molar-refractivity contribution in [1.82, 2.24) is 4.90 Å². The lowest BCUT2D eigenvalue weighted by Gasteiger charge is -2.16. The number of nitrogens with zero attached hydrogens (tertiary/aromatic N) is 1. The SMILES string of the molecule is CN(CCOc1ccc(N)cc1)CCc1cccs1. The molecule has 2 aromatic rings. The number of thiophene rings is 1. The van der Waals surface area contributed by atoms with E-state index in [0.29, 0.717) is 6.61 Å².